The van der Waals surface area contributed by atoms with Gasteiger partial charge in [-0.2, -0.15) is 0 Å². The van der Waals surface area contributed by atoms with Crippen molar-refractivity contribution >= 4 is 23.2 Å². The molecule has 0 unspecified atom stereocenters. The summed E-state index contributed by atoms with van der Waals surface area (Å²) in [6.45, 7) is 7.32. The number of carbonyl (C=O) groups is 2. The minimum Gasteiger partial charge on any atom is -0.486 e. The van der Waals surface area contributed by atoms with E-state index in [1.807, 2.05) is 24.3 Å². The van der Waals surface area contributed by atoms with Gasteiger partial charge < -0.3 is 20.1 Å². The molecule has 0 saturated heterocycles. The highest BCUT2D eigenvalue weighted by molar-refractivity contribution is 6.10. The van der Waals surface area contributed by atoms with Crippen molar-refractivity contribution in [1.29, 1.82) is 0 Å². The van der Waals surface area contributed by atoms with Crippen LogP contribution in [0, 0.1) is 0 Å². The van der Waals surface area contributed by atoms with Gasteiger partial charge in [0.25, 0.3) is 11.8 Å². The second kappa shape index (κ2) is 8.75. The molecule has 6 heteroatoms. The fraction of sp³-hybridized carbons (Fsp3) is 0.231. The van der Waals surface area contributed by atoms with Crippen molar-refractivity contribution in [2.45, 2.75) is 26.2 Å². The van der Waals surface area contributed by atoms with Gasteiger partial charge >= 0.3 is 0 Å². The van der Waals surface area contributed by atoms with Gasteiger partial charge in [0.1, 0.15) is 13.2 Å². The molecule has 1 aliphatic heterocycles. The van der Waals surface area contributed by atoms with Gasteiger partial charge in [-0.3, -0.25) is 9.59 Å². The van der Waals surface area contributed by atoms with E-state index in [2.05, 4.69) is 31.4 Å². The van der Waals surface area contributed by atoms with Gasteiger partial charge in [0.05, 0.1) is 11.4 Å². The molecule has 0 aromatic heterocycles. The van der Waals surface area contributed by atoms with Gasteiger partial charge in [0.15, 0.2) is 11.5 Å². The van der Waals surface area contributed by atoms with E-state index in [1.165, 1.54) is 0 Å². The lowest BCUT2D eigenvalue weighted by atomic mass is 9.87. The number of hydrogen-bond acceptors (Lipinski definition) is 4. The molecular weight excluding hydrogens is 404 g/mol. The van der Waals surface area contributed by atoms with Crippen LogP contribution in [0.25, 0.3) is 0 Å². The molecule has 0 saturated carbocycles. The normalized spacial score (nSPS) is 12.7. The predicted molar refractivity (Wildman–Crippen MR) is 125 cm³/mol. The van der Waals surface area contributed by atoms with Crippen molar-refractivity contribution in [2.75, 3.05) is 23.8 Å². The molecule has 32 heavy (non-hydrogen) atoms. The average Bonchev–Trinajstić information content (AvgIpc) is 2.79. The Hall–Kier alpha value is -3.80. The minimum absolute atomic E-state index is 0.0136. The molecule has 0 aliphatic carbocycles. The lowest BCUT2D eigenvalue weighted by Gasteiger charge is -2.19. The average molecular weight is 431 g/mol. The Labute approximate surface area is 187 Å². The van der Waals surface area contributed by atoms with E-state index < -0.39 is 0 Å². The molecule has 1 heterocycles. The van der Waals surface area contributed by atoms with E-state index in [1.54, 1.807) is 42.5 Å². The number of carbonyl (C=O) groups excluding carboxylic acids is 2. The summed E-state index contributed by atoms with van der Waals surface area (Å²) in [4.78, 5) is 25.6. The molecule has 0 bridgehead atoms. The Morgan fingerprint density at radius 3 is 1.84 bits per heavy atom. The summed E-state index contributed by atoms with van der Waals surface area (Å²) >= 11 is 0. The summed E-state index contributed by atoms with van der Waals surface area (Å²) in [5.74, 6) is 0.617. The molecule has 0 atom stereocenters. The van der Waals surface area contributed by atoms with Gasteiger partial charge in [0, 0.05) is 11.1 Å². The summed E-state index contributed by atoms with van der Waals surface area (Å²) in [5, 5.41) is 5.76. The standard InChI is InChI=1S/C26H26N2O4/c1-26(2,3)19-11-8-17(9-12-19)24(29)27-20-6-4-5-7-21(20)28-25(30)18-10-13-22-23(16-18)32-15-14-31-22/h4-13,16H,14-15H2,1-3H3,(H,27,29)(H,28,30). The zero-order chi connectivity index (χ0) is 22.7. The fourth-order valence-corrected chi connectivity index (χ4v) is 3.40. The zero-order valence-electron chi connectivity index (χ0n) is 18.4. The van der Waals surface area contributed by atoms with Crippen LogP contribution >= 0.6 is 0 Å². The number of hydrogen-bond donors (Lipinski definition) is 2. The number of anilines is 2. The number of nitrogens with one attached hydrogen (secondary N) is 2. The summed E-state index contributed by atoms with van der Waals surface area (Å²) < 4.78 is 11.1. The third-order valence-electron chi connectivity index (χ3n) is 5.24. The smallest absolute Gasteiger partial charge is 0.255 e. The van der Waals surface area contributed by atoms with Crippen LogP contribution in [0.2, 0.25) is 0 Å². The molecule has 3 aromatic carbocycles. The maximum absolute atomic E-state index is 12.8. The SMILES string of the molecule is CC(C)(C)c1ccc(C(=O)Nc2ccccc2NC(=O)c2ccc3c(c2)OCCO3)cc1. The number of para-hydroxylation sites is 2. The number of benzene rings is 3. The van der Waals surface area contributed by atoms with Crippen molar-refractivity contribution in [3.8, 4) is 11.5 Å². The van der Waals surface area contributed by atoms with E-state index in [4.69, 9.17) is 9.47 Å². The minimum atomic E-state index is -0.307. The lowest BCUT2D eigenvalue weighted by molar-refractivity contribution is 0.101. The molecule has 2 N–H and O–H groups in total. The summed E-state index contributed by atoms with van der Waals surface area (Å²) in [6.07, 6.45) is 0. The van der Waals surface area contributed by atoms with Crippen LogP contribution in [0.15, 0.2) is 66.7 Å². The Kier molecular flexibility index (Phi) is 5.86. The molecule has 0 radical (unpaired) electrons. The first-order chi connectivity index (χ1) is 15.3. The molecule has 6 nitrogen and oxygen atoms in total. The van der Waals surface area contributed by atoms with Crippen molar-refractivity contribution < 1.29 is 19.1 Å². The maximum Gasteiger partial charge on any atom is 0.255 e. The van der Waals surface area contributed by atoms with Gasteiger partial charge in [-0.15, -0.1) is 0 Å². The molecule has 2 amide bonds. The van der Waals surface area contributed by atoms with Gasteiger partial charge in [0.2, 0.25) is 0 Å². The fourth-order valence-electron chi connectivity index (χ4n) is 3.40. The first kappa shape index (κ1) is 21.4. The molecule has 4 rings (SSSR count). The second-order valence-corrected chi connectivity index (χ2v) is 8.64. The number of fused-ring (bicyclic) bond motifs is 1. The Morgan fingerprint density at radius 1 is 0.719 bits per heavy atom. The van der Waals surface area contributed by atoms with E-state index in [0.29, 0.717) is 47.2 Å². The van der Waals surface area contributed by atoms with E-state index >= 15 is 0 Å². The number of amides is 2. The van der Waals surface area contributed by atoms with Crippen LogP contribution in [-0.4, -0.2) is 25.0 Å². The quantitative estimate of drug-likeness (QED) is 0.592. The first-order valence-electron chi connectivity index (χ1n) is 10.5. The highest BCUT2D eigenvalue weighted by Gasteiger charge is 2.17. The second-order valence-electron chi connectivity index (χ2n) is 8.64. The van der Waals surface area contributed by atoms with Crippen molar-refractivity contribution in [3.05, 3.63) is 83.4 Å². The van der Waals surface area contributed by atoms with Crippen molar-refractivity contribution in [1.82, 2.24) is 0 Å². The molecule has 0 spiro atoms. The van der Waals surface area contributed by atoms with Crippen molar-refractivity contribution in [3.63, 3.8) is 0 Å². The molecule has 1 aliphatic rings. The largest absolute Gasteiger partial charge is 0.486 e. The first-order valence-corrected chi connectivity index (χ1v) is 10.5. The highest BCUT2D eigenvalue weighted by atomic mass is 16.6. The maximum atomic E-state index is 12.8. The zero-order valence-corrected chi connectivity index (χ0v) is 18.4. The van der Waals surface area contributed by atoms with Gasteiger partial charge in [-0.05, 0) is 53.4 Å². The number of ether oxygens (including phenoxy) is 2. The van der Waals surface area contributed by atoms with Crippen LogP contribution in [0.5, 0.6) is 11.5 Å². The van der Waals surface area contributed by atoms with Crippen molar-refractivity contribution in [2.24, 2.45) is 0 Å². The summed E-state index contributed by atoms with van der Waals surface area (Å²) in [6, 6.07) is 19.7. The van der Waals surface area contributed by atoms with Gasteiger partial charge in [-0.1, -0.05) is 45.0 Å². The van der Waals surface area contributed by atoms with Gasteiger partial charge in [-0.25, -0.2) is 0 Å². The molecule has 3 aromatic rings. The lowest BCUT2D eigenvalue weighted by Crippen LogP contribution is -2.18. The monoisotopic (exact) mass is 430 g/mol. The third-order valence-corrected chi connectivity index (χ3v) is 5.24. The Balaban J connectivity index is 1.49. The third kappa shape index (κ3) is 4.75. The number of rotatable bonds is 4. The van der Waals surface area contributed by atoms with Crippen LogP contribution < -0.4 is 20.1 Å². The molecular formula is C26H26N2O4. The highest BCUT2D eigenvalue weighted by Crippen LogP contribution is 2.31. The van der Waals surface area contributed by atoms with E-state index in [0.717, 1.165) is 5.56 Å². The Bertz CT molecular complexity index is 1150. The Morgan fingerprint density at radius 2 is 1.25 bits per heavy atom. The van der Waals surface area contributed by atoms with Crippen LogP contribution in [0.4, 0.5) is 11.4 Å². The topological polar surface area (TPSA) is 76.7 Å². The van der Waals surface area contributed by atoms with Crippen LogP contribution in [0.3, 0.4) is 0 Å². The summed E-state index contributed by atoms with van der Waals surface area (Å²) in [5.41, 5.74) is 3.18. The predicted octanol–water partition coefficient (Wildman–Crippen LogP) is 5.26. The summed E-state index contributed by atoms with van der Waals surface area (Å²) in [7, 11) is 0. The van der Waals surface area contributed by atoms with E-state index in [-0.39, 0.29) is 17.2 Å². The van der Waals surface area contributed by atoms with Crippen LogP contribution in [-0.2, 0) is 5.41 Å². The van der Waals surface area contributed by atoms with E-state index in [9.17, 15) is 9.59 Å². The van der Waals surface area contributed by atoms with Crippen LogP contribution in [0.1, 0.15) is 47.1 Å². The molecule has 164 valence electrons. The molecule has 0 fully saturated rings.